The van der Waals surface area contributed by atoms with Crippen molar-refractivity contribution in [3.05, 3.63) is 35.2 Å². The van der Waals surface area contributed by atoms with E-state index in [1.54, 1.807) is 11.3 Å². The second-order valence-corrected chi connectivity index (χ2v) is 6.84. The highest BCUT2D eigenvalue weighted by Gasteiger charge is 2.15. The zero-order chi connectivity index (χ0) is 15.2. The molecule has 0 unspecified atom stereocenters. The number of thiophene rings is 1. The third-order valence-corrected chi connectivity index (χ3v) is 5.29. The van der Waals surface area contributed by atoms with E-state index in [9.17, 15) is 4.79 Å². The van der Waals surface area contributed by atoms with Crippen LogP contribution in [0.15, 0.2) is 29.6 Å². The number of carbonyl (C=O) groups is 1. The van der Waals surface area contributed by atoms with Crippen LogP contribution in [0.4, 0.5) is 0 Å². The van der Waals surface area contributed by atoms with E-state index in [1.165, 1.54) is 34.9 Å². The van der Waals surface area contributed by atoms with E-state index in [0.29, 0.717) is 12.6 Å². The van der Waals surface area contributed by atoms with Gasteiger partial charge in [0.2, 0.25) is 5.91 Å². The molecule has 0 saturated heterocycles. The molecule has 3 nitrogen and oxygen atoms in total. The third-order valence-electron chi connectivity index (χ3n) is 4.28. The average Bonchev–Trinajstić information content (AvgIpc) is 2.97. The van der Waals surface area contributed by atoms with Crippen molar-refractivity contribution in [1.82, 2.24) is 5.32 Å². The predicted octanol–water partition coefficient (Wildman–Crippen LogP) is 3.91. The minimum Gasteiger partial charge on any atom is -0.368 e. The van der Waals surface area contributed by atoms with Crippen molar-refractivity contribution in [2.24, 2.45) is 0 Å². The Morgan fingerprint density at radius 1 is 1.23 bits per heavy atom. The second kappa shape index (κ2) is 7.75. The lowest BCUT2D eigenvalue weighted by molar-refractivity contribution is -0.128. The number of nitrogens with one attached hydrogen (secondary N) is 1. The Bertz CT molecular complexity index is 616. The number of ether oxygens (including phenoxy) is 1. The number of hydrogen-bond acceptors (Lipinski definition) is 3. The molecule has 1 N–H and O–H groups in total. The third kappa shape index (κ3) is 4.08. The van der Waals surface area contributed by atoms with Gasteiger partial charge in [-0.1, -0.05) is 37.5 Å². The molecule has 0 aliphatic heterocycles. The minimum atomic E-state index is 0.00473. The van der Waals surface area contributed by atoms with Crippen molar-refractivity contribution in [2.75, 3.05) is 13.2 Å². The molecule has 118 valence electrons. The van der Waals surface area contributed by atoms with E-state index in [-0.39, 0.29) is 12.5 Å². The maximum Gasteiger partial charge on any atom is 0.246 e. The van der Waals surface area contributed by atoms with Crippen molar-refractivity contribution < 1.29 is 9.53 Å². The standard InChI is InChI=1S/C18H23NO2S/c20-18(12-21-15-6-2-1-3-7-15)19-11-10-14-13-22-17-9-5-4-8-16(14)17/h4-5,8-9,13,15H,1-3,6-7,10-12H2,(H,19,20). The molecule has 2 aromatic rings. The van der Waals surface area contributed by atoms with Crippen molar-refractivity contribution in [3.63, 3.8) is 0 Å². The van der Waals surface area contributed by atoms with Crippen LogP contribution in [0.25, 0.3) is 10.1 Å². The van der Waals surface area contributed by atoms with Gasteiger partial charge in [0, 0.05) is 11.2 Å². The van der Waals surface area contributed by atoms with E-state index in [2.05, 4.69) is 35.0 Å². The Morgan fingerprint density at radius 2 is 2.05 bits per heavy atom. The van der Waals surface area contributed by atoms with Gasteiger partial charge in [-0.05, 0) is 41.7 Å². The second-order valence-electron chi connectivity index (χ2n) is 5.93. The van der Waals surface area contributed by atoms with Gasteiger partial charge in [0.15, 0.2) is 0 Å². The number of benzene rings is 1. The van der Waals surface area contributed by atoms with Crippen LogP contribution >= 0.6 is 11.3 Å². The first-order valence-corrected chi connectivity index (χ1v) is 9.04. The van der Waals surface area contributed by atoms with Gasteiger partial charge in [0.1, 0.15) is 6.61 Å². The summed E-state index contributed by atoms with van der Waals surface area (Å²) in [7, 11) is 0. The quantitative estimate of drug-likeness (QED) is 0.877. The lowest BCUT2D eigenvalue weighted by Gasteiger charge is -2.21. The zero-order valence-corrected chi connectivity index (χ0v) is 13.7. The Hall–Kier alpha value is -1.39. The average molecular weight is 317 g/mol. The molecule has 4 heteroatoms. The fourth-order valence-electron chi connectivity index (χ4n) is 3.04. The molecule has 3 rings (SSSR count). The van der Waals surface area contributed by atoms with E-state index < -0.39 is 0 Å². The first kappa shape index (κ1) is 15.5. The summed E-state index contributed by atoms with van der Waals surface area (Å²) in [4.78, 5) is 11.8. The lowest BCUT2D eigenvalue weighted by Crippen LogP contribution is -2.31. The summed E-state index contributed by atoms with van der Waals surface area (Å²) in [5.41, 5.74) is 1.31. The van der Waals surface area contributed by atoms with Crippen LogP contribution in [0.3, 0.4) is 0 Å². The van der Waals surface area contributed by atoms with Gasteiger partial charge < -0.3 is 10.1 Å². The molecule has 1 aromatic carbocycles. The summed E-state index contributed by atoms with van der Waals surface area (Å²) in [6.45, 7) is 0.878. The molecule has 0 spiro atoms. The molecule has 1 amide bonds. The largest absolute Gasteiger partial charge is 0.368 e. The van der Waals surface area contributed by atoms with Crippen molar-refractivity contribution in [3.8, 4) is 0 Å². The number of fused-ring (bicyclic) bond motifs is 1. The van der Waals surface area contributed by atoms with Gasteiger partial charge in [-0.15, -0.1) is 11.3 Å². The molecule has 0 radical (unpaired) electrons. The predicted molar refractivity (Wildman–Crippen MR) is 91.4 cm³/mol. The Morgan fingerprint density at radius 3 is 2.91 bits per heavy atom. The highest BCUT2D eigenvalue weighted by Crippen LogP contribution is 2.25. The topological polar surface area (TPSA) is 38.3 Å². The number of amides is 1. The van der Waals surface area contributed by atoms with Gasteiger partial charge >= 0.3 is 0 Å². The maximum atomic E-state index is 11.8. The highest BCUT2D eigenvalue weighted by atomic mass is 32.1. The van der Waals surface area contributed by atoms with Gasteiger partial charge in [0.05, 0.1) is 6.10 Å². The maximum absolute atomic E-state index is 11.8. The molecule has 0 bridgehead atoms. The normalized spacial score (nSPS) is 16.0. The minimum absolute atomic E-state index is 0.00473. The molecule has 1 aliphatic carbocycles. The molecule has 0 atom stereocenters. The van der Waals surface area contributed by atoms with E-state index >= 15 is 0 Å². The number of rotatable bonds is 6. The van der Waals surface area contributed by atoms with Crippen molar-refractivity contribution >= 4 is 27.3 Å². The summed E-state index contributed by atoms with van der Waals surface area (Å²) < 4.78 is 7.00. The van der Waals surface area contributed by atoms with Crippen LogP contribution < -0.4 is 5.32 Å². The zero-order valence-electron chi connectivity index (χ0n) is 12.8. The SMILES string of the molecule is O=C(COC1CCCCC1)NCCc1csc2ccccc12. The van der Waals surface area contributed by atoms with Crippen molar-refractivity contribution in [1.29, 1.82) is 0 Å². The van der Waals surface area contributed by atoms with Gasteiger partial charge in [-0.2, -0.15) is 0 Å². The fourth-order valence-corrected chi connectivity index (χ4v) is 4.04. The first-order valence-electron chi connectivity index (χ1n) is 8.16. The molecule has 22 heavy (non-hydrogen) atoms. The van der Waals surface area contributed by atoms with Gasteiger partial charge in [-0.3, -0.25) is 4.79 Å². The molecular weight excluding hydrogens is 294 g/mol. The summed E-state index contributed by atoms with van der Waals surface area (Å²) >= 11 is 1.76. The van der Waals surface area contributed by atoms with Crippen LogP contribution in [0, 0.1) is 0 Å². The summed E-state index contributed by atoms with van der Waals surface area (Å²) in [6.07, 6.45) is 7.15. The summed E-state index contributed by atoms with van der Waals surface area (Å²) in [5, 5.41) is 6.46. The highest BCUT2D eigenvalue weighted by molar-refractivity contribution is 7.17. The van der Waals surface area contributed by atoms with Crippen LogP contribution in [0.2, 0.25) is 0 Å². The van der Waals surface area contributed by atoms with E-state index in [1.807, 2.05) is 0 Å². The fraction of sp³-hybridized carbons (Fsp3) is 0.500. The molecule has 1 fully saturated rings. The van der Waals surface area contributed by atoms with Crippen LogP contribution in [-0.2, 0) is 16.0 Å². The number of carbonyl (C=O) groups excluding carboxylic acids is 1. The Kier molecular flexibility index (Phi) is 5.46. The smallest absolute Gasteiger partial charge is 0.246 e. The summed E-state index contributed by atoms with van der Waals surface area (Å²) in [6, 6.07) is 8.41. The monoisotopic (exact) mass is 317 g/mol. The van der Waals surface area contributed by atoms with Crippen LogP contribution in [0.1, 0.15) is 37.7 Å². The number of hydrogen-bond donors (Lipinski definition) is 1. The van der Waals surface area contributed by atoms with Gasteiger partial charge in [0.25, 0.3) is 0 Å². The molecule has 1 heterocycles. The Balaban J connectivity index is 1.40. The lowest BCUT2D eigenvalue weighted by atomic mass is 9.98. The Labute approximate surface area is 135 Å². The molecule has 1 saturated carbocycles. The molecule has 1 aliphatic rings. The molecular formula is C18H23NO2S. The first-order chi connectivity index (χ1) is 10.8. The molecule has 1 aromatic heterocycles. The van der Waals surface area contributed by atoms with Crippen LogP contribution in [-0.4, -0.2) is 25.2 Å². The van der Waals surface area contributed by atoms with Crippen molar-refractivity contribution in [2.45, 2.75) is 44.6 Å². The van der Waals surface area contributed by atoms with Gasteiger partial charge in [-0.25, -0.2) is 0 Å². The van der Waals surface area contributed by atoms with E-state index in [4.69, 9.17) is 4.74 Å². The van der Waals surface area contributed by atoms with Crippen LogP contribution in [0.5, 0.6) is 0 Å². The summed E-state index contributed by atoms with van der Waals surface area (Å²) in [5.74, 6) is 0.00473. The van der Waals surface area contributed by atoms with E-state index in [0.717, 1.165) is 19.3 Å².